The second-order valence-electron chi connectivity index (χ2n) is 5.57. The van der Waals surface area contributed by atoms with Gasteiger partial charge >= 0.3 is 0 Å². The van der Waals surface area contributed by atoms with E-state index in [1.807, 2.05) is 36.4 Å². The van der Waals surface area contributed by atoms with Crippen LogP contribution in [0.5, 0.6) is 11.5 Å². The molecule has 0 atom stereocenters. The van der Waals surface area contributed by atoms with Crippen molar-refractivity contribution in [3.63, 3.8) is 0 Å². The van der Waals surface area contributed by atoms with Gasteiger partial charge in [-0.05, 0) is 11.6 Å². The number of methoxy groups -OCH3 is 2. The molecule has 0 unspecified atom stereocenters. The molecule has 26 heavy (non-hydrogen) atoms. The second-order valence-corrected chi connectivity index (χ2v) is 7.22. The lowest BCUT2D eigenvalue weighted by Gasteiger charge is -2.14. The molecular formula is C20H19NO4S. The van der Waals surface area contributed by atoms with Crippen molar-refractivity contribution >= 4 is 15.7 Å². The zero-order chi connectivity index (χ0) is 18.6. The first-order chi connectivity index (χ1) is 12.5. The lowest BCUT2D eigenvalue weighted by molar-refractivity contribution is 0.395. The van der Waals surface area contributed by atoms with Crippen molar-refractivity contribution in [1.29, 1.82) is 0 Å². The summed E-state index contributed by atoms with van der Waals surface area (Å²) in [4.78, 5) is 0.202. The molecule has 0 saturated carbocycles. The third kappa shape index (κ3) is 3.81. The molecule has 0 amide bonds. The van der Waals surface area contributed by atoms with Crippen molar-refractivity contribution in [3.05, 3.63) is 72.8 Å². The van der Waals surface area contributed by atoms with Crippen molar-refractivity contribution in [2.24, 2.45) is 0 Å². The molecule has 3 aromatic carbocycles. The van der Waals surface area contributed by atoms with E-state index < -0.39 is 10.0 Å². The van der Waals surface area contributed by atoms with Crippen LogP contribution in [-0.2, 0) is 10.0 Å². The topological polar surface area (TPSA) is 64.6 Å². The van der Waals surface area contributed by atoms with Crippen LogP contribution in [0.4, 0.5) is 5.69 Å². The highest BCUT2D eigenvalue weighted by Gasteiger charge is 2.19. The number of hydrogen-bond donors (Lipinski definition) is 1. The van der Waals surface area contributed by atoms with Gasteiger partial charge in [0.15, 0.2) is 0 Å². The number of rotatable bonds is 6. The minimum Gasteiger partial charge on any atom is -0.497 e. The van der Waals surface area contributed by atoms with E-state index in [9.17, 15) is 8.42 Å². The average Bonchev–Trinajstić information content (AvgIpc) is 2.68. The van der Waals surface area contributed by atoms with E-state index in [1.54, 1.807) is 36.4 Å². The number of anilines is 1. The van der Waals surface area contributed by atoms with Crippen LogP contribution in [0.1, 0.15) is 0 Å². The van der Waals surface area contributed by atoms with Gasteiger partial charge in [0.1, 0.15) is 11.5 Å². The standard InChI is InChI=1S/C20H19NO4S/c1-24-17-12-16(13-18(14-17)25-2)21-26(22,23)20-11-7-6-10-19(20)15-8-4-3-5-9-15/h3-14,21H,1-2H3. The third-order valence-electron chi connectivity index (χ3n) is 3.87. The van der Waals surface area contributed by atoms with Crippen LogP contribution in [0, 0.1) is 0 Å². The summed E-state index contributed by atoms with van der Waals surface area (Å²) in [7, 11) is -0.780. The van der Waals surface area contributed by atoms with E-state index in [0.29, 0.717) is 22.7 Å². The molecule has 0 fully saturated rings. The minimum absolute atomic E-state index is 0.202. The molecule has 5 nitrogen and oxygen atoms in total. The monoisotopic (exact) mass is 369 g/mol. The molecular weight excluding hydrogens is 350 g/mol. The Hall–Kier alpha value is -2.99. The lowest BCUT2D eigenvalue weighted by atomic mass is 10.1. The Morgan fingerprint density at radius 3 is 1.96 bits per heavy atom. The van der Waals surface area contributed by atoms with Gasteiger partial charge in [0, 0.05) is 23.8 Å². The van der Waals surface area contributed by atoms with Crippen LogP contribution < -0.4 is 14.2 Å². The number of nitrogens with one attached hydrogen (secondary N) is 1. The summed E-state index contributed by atoms with van der Waals surface area (Å²) < 4.78 is 39.0. The molecule has 0 bridgehead atoms. The number of sulfonamides is 1. The summed E-state index contributed by atoms with van der Waals surface area (Å²) in [6.07, 6.45) is 0. The fourth-order valence-corrected chi connectivity index (χ4v) is 3.90. The summed E-state index contributed by atoms with van der Waals surface area (Å²) in [5, 5.41) is 0. The van der Waals surface area contributed by atoms with E-state index in [-0.39, 0.29) is 4.90 Å². The molecule has 0 aliphatic carbocycles. The number of hydrogen-bond acceptors (Lipinski definition) is 4. The Balaban J connectivity index is 2.03. The van der Waals surface area contributed by atoms with Gasteiger partial charge in [-0.25, -0.2) is 8.42 Å². The SMILES string of the molecule is COc1cc(NS(=O)(=O)c2ccccc2-c2ccccc2)cc(OC)c1. The van der Waals surface area contributed by atoms with Gasteiger partial charge in [0.25, 0.3) is 10.0 Å². The second kappa shape index (κ2) is 7.49. The predicted octanol–water partition coefficient (Wildman–Crippen LogP) is 4.17. The van der Waals surface area contributed by atoms with E-state index in [1.165, 1.54) is 14.2 Å². The molecule has 0 radical (unpaired) electrons. The Morgan fingerprint density at radius 1 is 0.769 bits per heavy atom. The molecule has 0 aromatic heterocycles. The fourth-order valence-electron chi connectivity index (χ4n) is 2.63. The van der Waals surface area contributed by atoms with Gasteiger partial charge < -0.3 is 9.47 Å². The zero-order valence-electron chi connectivity index (χ0n) is 14.5. The Morgan fingerprint density at radius 2 is 1.35 bits per heavy atom. The number of ether oxygens (including phenoxy) is 2. The van der Waals surface area contributed by atoms with E-state index >= 15 is 0 Å². The van der Waals surface area contributed by atoms with Crippen LogP contribution in [0.3, 0.4) is 0 Å². The summed E-state index contributed by atoms with van der Waals surface area (Å²) in [6.45, 7) is 0. The molecule has 3 rings (SSSR count). The maximum atomic E-state index is 13.0. The van der Waals surface area contributed by atoms with E-state index in [4.69, 9.17) is 9.47 Å². The third-order valence-corrected chi connectivity index (χ3v) is 5.30. The summed E-state index contributed by atoms with van der Waals surface area (Å²) in [6, 6.07) is 21.2. The van der Waals surface area contributed by atoms with Gasteiger partial charge in [0.2, 0.25) is 0 Å². The van der Waals surface area contributed by atoms with E-state index in [2.05, 4.69) is 4.72 Å². The largest absolute Gasteiger partial charge is 0.497 e. The van der Waals surface area contributed by atoms with Crippen molar-refractivity contribution in [1.82, 2.24) is 0 Å². The van der Waals surface area contributed by atoms with Gasteiger partial charge in [-0.1, -0.05) is 48.5 Å². The van der Waals surface area contributed by atoms with Crippen LogP contribution in [0.2, 0.25) is 0 Å². The first-order valence-corrected chi connectivity index (χ1v) is 9.42. The Kier molecular flexibility index (Phi) is 5.14. The summed E-state index contributed by atoms with van der Waals surface area (Å²) in [5.74, 6) is 0.997. The lowest BCUT2D eigenvalue weighted by Crippen LogP contribution is -2.14. The molecule has 0 spiro atoms. The molecule has 0 saturated heterocycles. The zero-order valence-corrected chi connectivity index (χ0v) is 15.3. The smallest absolute Gasteiger partial charge is 0.262 e. The predicted molar refractivity (Wildman–Crippen MR) is 102 cm³/mol. The molecule has 0 aliphatic rings. The first kappa shape index (κ1) is 17.8. The van der Waals surface area contributed by atoms with Crippen molar-refractivity contribution < 1.29 is 17.9 Å². The Bertz CT molecular complexity index is 979. The minimum atomic E-state index is -3.80. The summed E-state index contributed by atoms with van der Waals surface area (Å²) >= 11 is 0. The van der Waals surface area contributed by atoms with Gasteiger partial charge in [-0.3, -0.25) is 4.72 Å². The fraction of sp³-hybridized carbons (Fsp3) is 0.100. The number of benzene rings is 3. The van der Waals surface area contributed by atoms with Crippen LogP contribution >= 0.6 is 0 Å². The molecule has 6 heteroatoms. The quantitative estimate of drug-likeness (QED) is 0.708. The molecule has 134 valence electrons. The average molecular weight is 369 g/mol. The van der Waals surface area contributed by atoms with Gasteiger partial charge in [-0.2, -0.15) is 0 Å². The van der Waals surface area contributed by atoms with Gasteiger partial charge in [-0.15, -0.1) is 0 Å². The molecule has 1 N–H and O–H groups in total. The highest BCUT2D eigenvalue weighted by Crippen LogP contribution is 2.31. The summed E-state index contributed by atoms with van der Waals surface area (Å²) in [5.41, 5.74) is 1.83. The van der Waals surface area contributed by atoms with Crippen LogP contribution in [0.25, 0.3) is 11.1 Å². The molecule has 0 heterocycles. The molecule has 0 aliphatic heterocycles. The molecule has 3 aromatic rings. The normalized spacial score (nSPS) is 11.0. The first-order valence-electron chi connectivity index (χ1n) is 7.94. The maximum Gasteiger partial charge on any atom is 0.262 e. The Labute approximate surface area is 153 Å². The van der Waals surface area contributed by atoms with Crippen molar-refractivity contribution in [2.75, 3.05) is 18.9 Å². The van der Waals surface area contributed by atoms with Crippen molar-refractivity contribution in [2.45, 2.75) is 4.90 Å². The van der Waals surface area contributed by atoms with Gasteiger partial charge in [0.05, 0.1) is 24.8 Å². The highest BCUT2D eigenvalue weighted by molar-refractivity contribution is 7.92. The van der Waals surface area contributed by atoms with E-state index in [0.717, 1.165) is 5.56 Å². The van der Waals surface area contributed by atoms with Crippen LogP contribution in [0.15, 0.2) is 77.7 Å². The highest BCUT2D eigenvalue weighted by atomic mass is 32.2. The van der Waals surface area contributed by atoms with Crippen LogP contribution in [-0.4, -0.2) is 22.6 Å². The maximum absolute atomic E-state index is 13.0. The van der Waals surface area contributed by atoms with Crippen molar-refractivity contribution in [3.8, 4) is 22.6 Å².